The van der Waals surface area contributed by atoms with E-state index < -0.39 is 11.8 Å². The lowest BCUT2D eigenvalue weighted by atomic mass is 10.2. The number of benzene rings is 1. The summed E-state index contributed by atoms with van der Waals surface area (Å²) in [6.45, 7) is 1.84. The van der Waals surface area contributed by atoms with E-state index in [1.54, 1.807) is 42.1 Å². The van der Waals surface area contributed by atoms with Crippen LogP contribution in [-0.2, 0) is 7.05 Å². The first kappa shape index (κ1) is 14.3. The van der Waals surface area contributed by atoms with E-state index in [2.05, 4.69) is 31.9 Å². The summed E-state index contributed by atoms with van der Waals surface area (Å²) in [7, 11) is 1.74. The van der Waals surface area contributed by atoms with Gasteiger partial charge in [-0.15, -0.1) is 0 Å². The van der Waals surface area contributed by atoms with E-state index in [0.29, 0.717) is 5.56 Å². The highest BCUT2D eigenvalue weighted by Crippen LogP contribution is 2.10. The lowest BCUT2D eigenvalue weighted by Gasteiger charge is -2.05. The molecule has 0 aliphatic heterocycles. The zero-order chi connectivity index (χ0) is 14.7. The van der Waals surface area contributed by atoms with Crippen molar-refractivity contribution in [1.82, 2.24) is 20.6 Å². The van der Waals surface area contributed by atoms with Gasteiger partial charge >= 0.3 is 0 Å². The van der Waals surface area contributed by atoms with Gasteiger partial charge in [0, 0.05) is 22.8 Å². The SMILES string of the molecule is Cc1cc(C(=O)NNC(=O)c2ccc(Br)cc2)nn1C. The van der Waals surface area contributed by atoms with Crippen molar-refractivity contribution in [3.8, 4) is 0 Å². The third-order valence-corrected chi connectivity index (χ3v) is 3.27. The van der Waals surface area contributed by atoms with Gasteiger partial charge < -0.3 is 0 Å². The number of carbonyl (C=O) groups is 2. The van der Waals surface area contributed by atoms with Crippen LogP contribution in [0.15, 0.2) is 34.8 Å². The Bertz CT molecular complexity index is 629. The van der Waals surface area contributed by atoms with Gasteiger partial charge in [0.25, 0.3) is 11.8 Å². The van der Waals surface area contributed by atoms with Gasteiger partial charge in [-0.3, -0.25) is 25.1 Å². The lowest BCUT2D eigenvalue weighted by Crippen LogP contribution is -2.41. The summed E-state index contributed by atoms with van der Waals surface area (Å²) in [6, 6.07) is 8.44. The minimum absolute atomic E-state index is 0.251. The van der Waals surface area contributed by atoms with Crippen LogP contribution in [0, 0.1) is 6.92 Å². The molecule has 0 bridgehead atoms. The van der Waals surface area contributed by atoms with Crippen molar-refractivity contribution in [3.63, 3.8) is 0 Å². The monoisotopic (exact) mass is 336 g/mol. The highest BCUT2D eigenvalue weighted by Gasteiger charge is 2.12. The molecule has 1 heterocycles. The molecule has 0 fully saturated rings. The fraction of sp³-hybridized carbons (Fsp3) is 0.154. The lowest BCUT2D eigenvalue weighted by molar-refractivity contribution is 0.0843. The van der Waals surface area contributed by atoms with Crippen LogP contribution in [0.25, 0.3) is 0 Å². The topological polar surface area (TPSA) is 76.0 Å². The Morgan fingerprint density at radius 1 is 1.15 bits per heavy atom. The molecule has 1 aromatic carbocycles. The van der Waals surface area contributed by atoms with Gasteiger partial charge in [0.1, 0.15) is 0 Å². The van der Waals surface area contributed by atoms with Gasteiger partial charge in [-0.1, -0.05) is 15.9 Å². The zero-order valence-corrected chi connectivity index (χ0v) is 12.6. The van der Waals surface area contributed by atoms with Crippen LogP contribution < -0.4 is 10.9 Å². The second-order valence-electron chi connectivity index (χ2n) is 4.21. The standard InChI is InChI=1S/C13H13BrN4O2/c1-8-7-11(17-18(8)2)13(20)16-15-12(19)9-3-5-10(14)6-4-9/h3-7H,1-2H3,(H,15,19)(H,16,20). The Balaban J connectivity index is 1.96. The number of hydrazine groups is 1. The molecule has 7 heteroatoms. The average Bonchev–Trinajstić information content (AvgIpc) is 2.76. The third kappa shape index (κ3) is 3.24. The summed E-state index contributed by atoms with van der Waals surface area (Å²) < 4.78 is 2.47. The van der Waals surface area contributed by atoms with Gasteiger partial charge in [0.2, 0.25) is 0 Å². The van der Waals surface area contributed by atoms with Gasteiger partial charge in [0.15, 0.2) is 5.69 Å². The van der Waals surface area contributed by atoms with E-state index in [1.165, 1.54) is 0 Å². The molecule has 104 valence electrons. The second kappa shape index (κ2) is 5.87. The summed E-state index contributed by atoms with van der Waals surface area (Å²) in [5.74, 6) is -0.849. The number of rotatable bonds is 2. The van der Waals surface area contributed by atoms with E-state index in [9.17, 15) is 9.59 Å². The quantitative estimate of drug-likeness (QED) is 0.817. The largest absolute Gasteiger partial charge is 0.290 e. The summed E-state index contributed by atoms with van der Waals surface area (Å²) in [6.07, 6.45) is 0. The first-order valence-electron chi connectivity index (χ1n) is 5.84. The molecular formula is C13H13BrN4O2. The molecule has 0 radical (unpaired) electrons. The number of aromatic nitrogens is 2. The number of carbonyl (C=O) groups excluding carboxylic acids is 2. The molecule has 0 aliphatic rings. The fourth-order valence-corrected chi connectivity index (χ4v) is 1.79. The minimum atomic E-state index is -0.459. The van der Waals surface area contributed by atoms with Gasteiger partial charge in [0.05, 0.1) is 0 Å². The molecule has 2 aromatic rings. The van der Waals surface area contributed by atoms with Crippen LogP contribution in [-0.4, -0.2) is 21.6 Å². The van der Waals surface area contributed by atoms with Crippen LogP contribution in [0.2, 0.25) is 0 Å². The van der Waals surface area contributed by atoms with Gasteiger partial charge in [-0.05, 0) is 37.3 Å². The fourth-order valence-electron chi connectivity index (χ4n) is 1.52. The van der Waals surface area contributed by atoms with E-state index >= 15 is 0 Å². The van der Waals surface area contributed by atoms with Crippen LogP contribution in [0.4, 0.5) is 0 Å². The number of nitrogens with zero attached hydrogens (tertiary/aromatic N) is 2. The molecule has 2 rings (SSSR count). The molecule has 0 saturated heterocycles. The normalized spacial score (nSPS) is 10.2. The van der Waals surface area contributed by atoms with E-state index in [0.717, 1.165) is 10.2 Å². The van der Waals surface area contributed by atoms with Crippen LogP contribution in [0.5, 0.6) is 0 Å². The number of nitrogens with one attached hydrogen (secondary N) is 2. The number of hydrogen-bond acceptors (Lipinski definition) is 3. The molecule has 6 nitrogen and oxygen atoms in total. The summed E-state index contributed by atoms with van der Waals surface area (Å²) in [4.78, 5) is 23.6. The Morgan fingerprint density at radius 2 is 1.75 bits per heavy atom. The maximum absolute atomic E-state index is 11.8. The predicted octanol–water partition coefficient (Wildman–Crippen LogP) is 1.57. The first-order chi connectivity index (χ1) is 9.47. The van der Waals surface area contributed by atoms with Crippen molar-refractivity contribution in [2.75, 3.05) is 0 Å². The van der Waals surface area contributed by atoms with Crippen molar-refractivity contribution in [2.24, 2.45) is 7.05 Å². The Hall–Kier alpha value is -2.15. The number of aryl methyl sites for hydroxylation is 2. The highest BCUT2D eigenvalue weighted by molar-refractivity contribution is 9.10. The molecule has 0 saturated carbocycles. The van der Waals surface area contributed by atoms with E-state index in [-0.39, 0.29) is 5.69 Å². The Labute approximate surface area is 124 Å². The molecule has 0 aliphatic carbocycles. The summed E-state index contributed by atoms with van der Waals surface area (Å²) in [5.41, 5.74) is 6.23. The second-order valence-corrected chi connectivity index (χ2v) is 5.13. The van der Waals surface area contributed by atoms with Gasteiger partial charge in [-0.2, -0.15) is 5.10 Å². The average molecular weight is 337 g/mol. The Morgan fingerprint density at radius 3 is 2.30 bits per heavy atom. The molecule has 20 heavy (non-hydrogen) atoms. The van der Waals surface area contributed by atoms with Crippen molar-refractivity contribution in [1.29, 1.82) is 0 Å². The number of hydrogen-bond donors (Lipinski definition) is 2. The molecule has 0 unspecified atom stereocenters. The summed E-state index contributed by atoms with van der Waals surface area (Å²) >= 11 is 3.28. The molecule has 0 atom stereocenters. The van der Waals surface area contributed by atoms with Crippen molar-refractivity contribution in [2.45, 2.75) is 6.92 Å². The highest BCUT2D eigenvalue weighted by atomic mass is 79.9. The van der Waals surface area contributed by atoms with Crippen LogP contribution >= 0.6 is 15.9 Å². The van der Waals surface area contributed by atoms with Crippen molar-refractivity contribution < 1.29 is 9.59 Å². The van der Waals surface area contributed by atoms with E-state index in [4.69, 9.17) is 0 Å². The van der Waals surface area contributed by atoms with Crippen molar-refractivity contribution in [3.05, 3.63) is 51.8 Å². The zero-order valence-electron chi connectivity index (χ0n) is 11.0. The first-order valence-corrected chi connectivity index (χ1v) is 6.63. The minimum Gasteiger partial charge on any atom is -0.272 e. The molecular weight excluding hydrogens is 324 g/mol. The van der Waals surface area contributed by atoms with Gasteiger partial charge in [-0.25, -0.2) is 0 Å². The Kier molecular flexibility index (Phi) is 4.19. The van der Waals surface area contributed by atoms with E-state index in [1.807, 2.05) is 6.92 Å². The van der Waals surface area contributed by atoms with Crippen molar-refractivity contribution >= 4 is 27.7 Å². The molecule has 2 amide bonds. The maximum Gasteiger partial charge on any atom is 0.290 e. The van der Waals surface area contributed by atoms with Crippen LogP contribution in [0.3, 0.4) is 0 Å². The predicted molar refractivity (Wildman–Crippen MR) is 77.0 cm³/mol. The molecule has 1 aromatic heterocycles. The smallest absolute Gasteiger partial charge is 0.272 e. The maximum atomic E-state index is 11.8. The molecule has 2 N–H and O–H groups in total. The third-order valence-electron chi connectivity index (χ3n) is 2.74. The molecule has 0 spiro atoms. The summed E-state index contributed by atoms with van der Waals surface area (Å²) in [5, 5.41) is 4.02. The number of halogens is 1. The van der Waals surface area contributed by atoms with Crippen LogP contribution in [0.1, 0.15) is 26.5 Å². The number of amides is 2.